The summed E-state index contributed by atoms with van der Waals surface area (Å²) in [5.74, 6) is -1.26. The van der Waals surface area contributed by atoms with Crippen LogP contribution in [0.25, 0.3) is 0 Å². The number of carboxylic acids is 1. The second kappa shape index (κ2) is 3.92. The largest absolute Gasteiger partial charge is 0.737 e. The lowest BCUT2D eigenvalue weighted by atomic mass is 9.98. The van der Waals surface area contributed by atoms with Gasteiger partial charge in [0.1, 0.15) is 0 Å². The topological polar surface area (TPSA) is 102 Å². The molecule has 0 spiro atoms. The highest BCUT2D eigenvalue weighted by molar-refractivity contribution is 5.70. The molecule has 0 aliphatic carbocycles. The van der Waals surface area contributed by atoms with Crippen molar-refractivity contribution >= 4 is 5.97 Å². The van der Waals surface area contributed by atoms with Crippen LogP contribution in [-0.4, -0.2) is 34.1 Å². The summed E-state index contributed by atoms with van der Waals surface area (Å²) >= 11 is 0. The monoisotopic (exact) mass is 188 g/mol. The van der Waals surface area contributed by atoms with E-state index < -0.39 is 11.9 Å². The molecule has 0 radical (unpaired) electrons. The molecule has 0 aromatic heterocycles. The van der Waals surface area contributed by atoms with E-state index in [1.165, 1.54) is 5.01 Å². The summed E-state index contributed by atoms with van der Waals surface area (Å²) in [5.41, 5.74) is 0. The van der Waals surface area contributed by atoms with E-state index in [-0.39, 0.29) is 18.1 Å². The van der Waals surface area contributed by atoms with Crippen LogP contribution in [0.15, 0.2) is 5.28 Å². The predicted molar refractivity (Wildman–Crippen MR) is 41.4 cm³/mol. The second-order valence-corrected chi connectivity index (χ2v) is 2.90. The Morgan fingerprint density at radius 1 is 1.54 bits per heavy atom. The van der Waals surface area contributed by atoms with Gasteiger partial charge in [0.25, 0.3) is 0 Å². The molecular formula is C6H10N3O4-. The highest BCUT2D eigenvalue weighted by Gasteiger charge is 2.27. The third kappa shape index (κ3) is 2.20. The number of aliphatic carboxylic acids is 1. The maximum Gasteiger partial charge on any atom is 0.306 e. The molecule has 1 saturated heterocycles. The summed E-state index contributed by atoms with van der Waals surface area (Å²) in [5, 5.41) is 32.5. The van der Waals surface area contributed by atoms with Crippen LogP contribution in [0.1, 0.15) is 12.8 Å². The lowest BCUT2D eigenvalue weighted by Gasteiger charge is -2.26. The van der Waals surface area contributed by atoms with Crippen molar-refractivity contribution in [2.24, 2.45) is 11.2 Å². The van der Waals surface area contributed by atoms with Crippen LogP contribution in [0.3, 0.4) is 0 Å². The van der Waals surface area contributed by atoms with Crippen molar-refractivity contribution < 1.29 is 14.9 Å². The predicted octanol–water partition coefficient (Wildman–Crippen LogP) is 0.158. The molecule has 1 N–H and O–H groups in total. The molecule has 7 nitrogen and oxygen atoms in total. The fourth-order valence-electron chi connectivity index (χ4n) is 1.34. The van der Waals surface area contributed by atoms with Gasteiger partial charge in [-0.2, -0.15) is 0 Å². The van der Waals surface area contributed by atoms with Crippen molar-refractivity contribution in [2.75, 3.05) is 13.1 Å². The number of rotatable bonds is 2. The molecule has 1 fully saturated rings. The number of hydrogen-bond acceptors (Lipinski definition) is 4. The Balaban J connectivity index is 2.43. The van der Waals surface area contributed by atoms with Gasteiger partial charge < -0.3 is 15.5 Å². The van der Waals surface area contributed by atoms with Crippen LogP contribution in [-0.2, 0) is 4.79 Å². The Morgan fingerprint density at radius 3 is 2.46 bits per heavy atom. The molecule has 1 aliphatic heterocycles. The Bertz CT molecular complexity index is 222. The number of carboxylic acid groups (broad SMARTS) is 1. The molecule has 0 unspecified atom stereocenters. The smallest absolute Gasteiger partial charge is 0.306 e. The fraction of sp³-hybridized carbons (Fsp3) is 0.833. The third-order valence-corrected chi connectivity index (χ3v) is 2.13. The zero-order valence-electron chi connectivity index (χ0n) is 6.92. The molecule has 0 saturated carbocycles. The number of hydrazine groups is 1. The third-order valence-electron chi connectivity index (χ3n) is 2.13. The Labute approximate surface area is 74.4 Å². The molecule has 74 valence electrons. The van der Waals surface area contributed by atoms with Gasteiger partial charge in [-0.1, -0.05) is 0 Å². The normalized spacial score (nSPS) is 20.3. The maximum atomic E-state index is 10.7. The van der Waals surface area contributed by atoms with Gasteiger partial charge in [0, 0.05) is 4.97 Å². The van der Waals surface area contributed by atoms with E-state index in [2.05, 4.69) is 5.28 Å². The first-order valence-corrected chi connectivity index (χ1v) is 3.93. The van der Waals surface area contributed by atoms with Crippen LogP contribution in [0.5, 0.6) is 0 Å². The van der Waals surface area contributed by atoms with Crippen LogP contribution < -0.4 is 0 Å². The van der Waals surface area contributed by atoms with Gasteiger partial charge in [0.05, 0.1) is 19.0 Å². The number of nitrogens with zero attached hydrogens (tertiary/aromatic N) is 3. The zero-order valence-corrected chi connectivity index (χ0v) is 6.92. The van der Waals surface area contributed by atoms with Crippen molar-refractivity contribution in [1.82, 2.24) is 5.01 Å². The second-order valence-electron chi connectivity index (χ2n) is 2.90. The highest BCUT2D eigenvalue weighted by Crippen LogP contribution is 2.16. The fourth-order valence-corrected chi connectivity index (χ4v) is 1.34. The van der Waals surface area contributed by atoms with Gasteiger partial charge in [-0.25, -0.2) is 0 Å². The van der Waals surface area contributed by atoms with Crippen LogP contribution in [0.2, 0.25) is 0 Å². The summed E-state index contributed by atoms with van der Waals surface area (Å²) in [6.07, 6.45) is 0.757. The summed E-state index contributed by atoms with van der Waals surface area (Å²) in [6.45, 7) is 0.540. The van der Waals surface area contributed by atoms with E-state index in [0.29, 0.717) is 12.8 Å². The first kappa shape index (κ1) is 9.56. The number of carbonyl (C=O) groups is 1. The van der Waals surface area contributed by atoms with Crippen LogP contribution in [0.4, 0.5) is 0 Å². The van der Waals surface area contributed by atoms with Crippen molar-refractivity contribution in [3.05, 3.63) is 10.4 Å². The number of hydrogen-bond donors (Lipinski definition) is 1. The molecule has 13 heavy (non-hydrogen) atoms. The minimum Gasteiger partial charge on any atom is -0.737 e. The quantitative estimate of drug-likeness (QED) is 0.377. The first-order valence-electron chi connectivity index (χ1n) is 3.93. The molecule has 1 rings (SSSR count). The van der Waals surface area contributed by atoms with Gasteiger partial charge in [-0.3, -0.25) is 4.79 Å². The van der Waals surface area contributed by atoms with E-state index >= 15 is 0 Å². The molecule has 1 aliphatic rings. The van der Waals surface area contributed by atoms with E-state index in [1.807, 2.05) is 0 Å². The number of piperidine rings is 1. The maximum absolute atomic E-state index is 10.7. The molecule has 0 aromatic carbocycles. The van der Waals surface area contributed by atoms with Gasteiger partial charge in [0.15, 0.2) is 0 Å². The van der Waals surface area contributed by atoms with Crippen molar-refractivity contribution in [1.29, 1.82) is 0 Å². The summed E-state index contributed by atoms with van der Waals surface area (Å²) < 4.78 is 0. The summed E-state index contributed by atoms with van der Waals surface area (Å²) in [6, 6.07) is 0. The molecular weight excluding hydrogens is 178 g/mol. The van der Waals surface area contributed by atoms with Gasteiger partial charge in [-0.05, 0) is 18.1 Å². The molecule has 0 atom stereocenters. The highest BCUT2D eigenvalue weighted by atomic mass is 16.6. The zero-order chi connectivity index (χ0) is 9.84. The van der Waals surface area contributed by atoms with Crippen LogP contribution >= 0.6 is 0 Å². The summed E-state index contributed by atoms with van der Waals surface area (Å²) in [7, 11) is 0. The van der Waals surface area contributed by atoms with Gasteiger partial charge >= 0.3 is 5.97 Å². The van der Waals surface area contributed by atoms with Crippen molar-refractivity contribution in [3.8, 4) is 0 Å². The van der Waals surface area contributed by atoms with E-state index in [0.717, 1.165) is 0 Å². The van der Waals surface area contributed by atoms with E-state index in [4.69, 9.17) is 5.11 Å². The molecule has 0 bridgehead atoms. The van der Waals surface area contributed by atoms with Gasteiger partial charge in [-0.15, -0.1) is 5.01 Å². The van der Waals surface area contributed by atoms with E-state index in [9.17, 15) is 15.2 Å². The van der Waals surface area contributed by atoms with Crippen molar-refractivity contribution in [3.63, 3.8) is 0 Å². The minimum atomic E-state index is -0.851. The minimum absolute atomic E-state index is 0.0297. The molecule has 1 heterocycles. The van der Waals surface area contributed by atoms with E-state index in [1.54, 1.807) is 0 Å². The van der Waals surface area contributed by atoms with Gasteiger partial charge in [0.2, 0.25) is 0 Å². The summed E-state index contributed by atoms with van der Waals surface area (Å²) in [4.78, 5) is 10.5. The van der Waals surface area contributed by atoms with Crippen molar-refractivity contribution in [2.45, 2.75) is 12.8 Å². The first-order chi connectivity index (χ1) is 6.15. The standard InChI is InChI=1S/C6H11N3O4/c10-6(11)5-1-3-8(4-2-5)9(13)7-12/h5,12H,1-4H2,(H,10,11)/p-1/b9-7-. The Kier molecular flexibility index (Phi) is 2.88. The Morgan fingerprint density at radius 2 is 2.08 bits per heavy atom. The molecule has 0 aromatic rings. The lowest BCUT2D eigenvalue weighted by molar-refractivity contribution is -0.692. The average Bonchev–Trinajstić information content (AvgIpc) is 2.17. The Hall–Kier alpha value is -1.53. The molecule has 7 heteroatoms. The average molecular weight is 188 g/mol. The lowest BCUT2D eigenvalue weighted by Crippen LogP contribution is -2.40. The SMILES string of the molecule is O=C(O)C1CCN(/[N+]([O-])=N/[O-])CC1. The molecule has 0 amide bonds. The van der Waals surface area contributed by atoms with Crippen LogP contribution in [0, 0.1) is 16.3 Å².